The van der Waals surface area contributed by atoms with E-state index in [2.05, 4.69) is 15.5 Å². The summed E-state index contributed by atoms with van der Waals surface area (Å²) in [5.74, 6) is 1.23. The van der Waals surface area contributed by atoms with Crippen LogP contribution in [0.5, 0.6) is 5.75 Å². The van der Waals surface area contributed by atoms with Crippen molar-refractivity contribution >= 4 is 29.1 Å². The summed E-state index contributed by atoms with van der Waals surface area (Å²) in [5.41, 5.74) is 1.01. The number of anilines is 1. The van der Waals surface area contributed by atoms with Crippen LogP contribution in [-0.2, 0) is 11.3 Å². The van der Waals surface area contributed by atoms with E-state index >= 15 is 0 Å². The summed E-state index contributed by atoms with van der Waals surface area (Å²) >= 11 is 1.30. The van der Waals surface area contributed by atoms with Gasteiger partial charge in [-0.2, -0.15) is 0 Å². The number of nitrogens with one attached hydrogen (secondary N) is 1. The lowest BCUT2D eigenvalue weighted by Crippen LogP contribution is -2.25. The second kappa shape index (κ2) is 7.04. The number of fused-ring (bicyclic) bond motifs is 1. The van der Waals surface area contributed by atoms with Gasteiger partial charge in [-0.3, -0.25) is 9.59 Å². The van der Waals surface area contributed by atoms with Crippen LogP contribution in [0.4, 0.5) is 5.69 Å². The maximum Gasteiger partial charge on any atom is 0.262 e. The van der Waals surface area contributed by atoms with Crippen molar-refractivity contribution in [1.82, 2.24) is 14.8 Å². The summed E-state index contributed by atoms with van der Waals surface area (Å²) in [5, 5.41) is 11.3. The number of rotatable bonds is 6. The van der Waals surface area contributed by atoms with E-state index in [-0.39, 0.29) is 24.1 Å². The molecule has 8 nitrogen and oxygen atoms in total. The Hall–Kier alpha value is -3.07. The van der Waals surface area contributed by atoms with E-state index in [1.165, 1.54) is 11.8 Å². The van der Waals surface area contributed by atoms with E-state index in [0.29, 0.717) is 28.7 Å². The van der Waals surface area contributed by atoms with E-state index in [4.69, 9.17) is 9.15 Å². The lowest BCUT2D eigenvalue weighted by molar-refractivity contribution is -0.118. The first-order valence-electron chi connectivity index (χ1n) is 7.82. The number of thioether (sulfide) groups is 1. The molecule has 0 spiro atoms. The molecule has 0 atom stereocenters. The molecule has 0 saturated carbocycles. The minimum absolute atomic E-state index is 0.0124. The molecule has 0 saturated heterocycles. The molecule has 0 radical (unpaired) electrons. The first-order chi connectivity index (χ1) is 12.7. The molecule has 2 aromatic heterocycles. The maximum absolute atomic E-state index is 12.5. The highest BCUT2D eigenvalue weighted by molar-refractivity contribution is 7.99. The van der Waals surface area contributed by atoms with E-state index in [1.807, 2.05) is 16.7 Å². The minimum Gasteiger partial charge on any atom is -0.482 e. The molecule has 1 N–H and O–H groups in total. The highest BCUT2D eigenvalue weighted by Gasteiger charge is 2.18. The smallest absolute Gasteiger partial charge is 0.262 e. The molecular weight excluding hydrogens is 356 g/mol. The summed E-state index contributed by atoms with van der Waals surface area (Å²) in [6.07, 6.45) is 3.20. The highest BCUT2D eigenvalue weighted by Crippen LogP contribution is 2.29. The number of furan rings is 1. The summed E-state index contributed by atoms with van der Waals surface area (Å²) in [6, 6.07) is 8.68. The fraction of sp³-hybridized carbons (Fsp3) is 0.176. The molecule has 3 heterocycles. The van der Waals surface area contributed by atoms with Crippen LogP contribution in [0.1, 0.15) is 16.1 Å². The predicted molar refractivity (Wildman–Crippen MR) is 93.5 cm³/mol. The van der Waals surface area contributed by atoms with Crippen molar-refractivity contribution in [2.24, 2.45) is 0 Å². The standard InChI is InChI=1S/C17H14N4O4S/c22-14(11-3-4-15-13(6-11)19-16(23)8-25-15)9-26-17-20-18-10-21(17)7-12-2-1-5-24-12/h1-6,10H,7-9H2,(H,19,23). The van der Waals surface area contributed by atoms with Crippen molar-refractivity contribution < 1.29 is 18.7 Å². The van der Waals surface area contributed by atoms with Gasteiger partial charge in [-0.15, -0.1) is 10.2 Å². The van der Waals surface area contributed by atoms with Crippen LogP contribution in [0.3, 0.4) is 0 Å². The van der Waals surface area contributed by atoms with E-state index < -0.39 is 0 Å². The average Bonchev–Trinajstić information content (AvgIpc) is 3.31. The Bertz CT molecular complexity index is 952. The fourth-order valence-electron chi connectivity index (χ4n) is 2.51. The average molecular weight is 370 g/mol. The number of amides is 1. The van der Waals surface area contributed by atoms with Gasteiger partial charge in [0, 0.05) is 5.56 Å². The number of aromatic nitrogens is 3. The number of ketones is 1. The quantitative estimate of drug-likeness (QED) is 0.525. The molecule has 4 rings (SSSR count). The summed E-state index contributed by atoms with van der Waals surface area (Å²) < 4.78 is 12.4. The van der Waals surface area contributed by atoms with Crippen LogP contribution in [0, 0.1) is 0 Å². The number of carbonyl (C=O) groups is 2. The van der Waals surface area contributed by atoms with Crippen molar-refractivity contribution in [2.45, 2.75) is 11.7 Å². The Morgan fingerprint density at radius 2 is 2.27 bits per heavy atom. The Morgan fingerprint density at radius 3 is 3.12 bits per heavy atom. The Balaban J connectivity index is 1.42. The topological polar surface area (TPSA) is 99.3 Å². The van der Waals surface area contributed by atoms with Gasteiger partial charge in [0.25, 0.3) is 5.91 Å². The molecule has 132 valence electrons. The lowest BCUT2D eigenvalue weighted by Gasteiger charge is -2.18. The number of hydrogen-bond acceptors (Lipinski definition) is 7. The van der Waals surface area contributed by atoms with Crippen LogP contribution in [0.15, 0.2) is 52.5 Å². The molecular formula is C17H14N4O4S. The fourth-order valence-corrected chi connectivity index (χ4v) is 3.31. The van der Waals surface area contributed by atoms with Gasteiger partial charge in [0.2, 0.25) is 0 Å². The van der Waals surface area contributed by atoms with Gasteiger partial charge in [-0.1, -0.05) is 11.8 Å². The number of hydrogen-bond donors (Lipinski definition) is 1. The first kappa shape index (κ1) is 16.4. The SMILES string of the molecule is O=C1COc2ccc(C(=O)CSc3nncn3Cc3ccco3)cc2N1. The summed E-state index contributed by atoms with van der Waals surface area (Å²) in [6.45, 7) is 0.486. The Kier molecular flexibility index (Phi) is 4.44. The zero-order valence-electron chi connectivity index (χ0n) is 13.5. The van der Waals surface area contributed by atoms with Crippen molar-refractivity contribution in [3.05, 3.63) is 54.2 Å². The number of carbonyl (C=O) groups excluding carboxylic acids is 2. The molecule has 9 heteroatoms. The molecule has 1 aromatic carbocycles. The molecule has 0 fully saturated rings. The Morgan fingerprint density at radius 1 is 1.35 bits per heavy atom. The number of ether oxygens (including phenoxy) is 1. The van der Waals surface area contributed by atoms with Gasteiger partial charge >= 0.3 is 0 Å². The molecule has 1 aliphatic heterocycles. The van der Waals surface area contributed by atoms with Gasteiger partial charge < -0.3 is 19.0 Å². The predicted octanol–water partition coefficient (Wildman–Crippen LogP) is 2.23. The zero-order chi connectivity index (χ0) is 17.9. The van der Waals surface area contributed by atoms with E-state index in [1.54, 1.807) is 30.8 Å². The van der Waals surface area contributed by atoms with Crippen LogP contribution >= 0.6 is 11.8 Å². The van der Waals surface area contributed by atoms with E-state index in [9.17, 15) is 9.59 Å². The molecule has 26 heavy (non-hydrogen) atoms. The van der Waals surface area contributed by atoms with Crippen molar-refractivity contribution in [2.75, 3.05) is 17.7 Å². The summed E-state index contributed by atoms with van der Waals surface area (Å²) in [4.78, 5) is 23.9. The second-order valence-corrected chi connectivity index (χ2v) is 6.52. The molecule has 1 amide bonds. The summed E-state index contributed by atoms with van der Waals surface area (Å²) in [7, 11) is 0. The third kappa shape index (κ3) is 3.47. The van der Waals surface area contributed by atoms with Crippen LogP contribution in [0.25, 0.3) is 0 Å². The Labute approximate surface area is 152 Å². The van der Waals surface area contributed by atoms with Gasteiger partial charge in [0.05, 0.1) is 24.2 Å². The van der Waals surface area contributed by atoms with Gasteiger partial charge in [0.15, 0.2) is 17.5 Å². The molecule has 3 aromatic rings. The number of Topliss-reactive ketones (excluding diaryl/α,β-unsaturated/α-hetero) is 1. The van der Waals surface area contributed by atoms with Crippen LogP contribution < -0.4 is 10.1 Å². The van der Waals surface area contributed by atoms with Gasteiger partial charge in [0.1, 0.15) is 17.8 Å². The molecule has 0 unspecified atom stereocenters. The molecule has 0 bridgehead atoms. The number of nitrogens with zero attached hydrogens (tertiary/aromatic N) is 3. The molecule has 0 aliphatic carbocycles. The highest BCUT2D eigenvalue weighted by atomic mass is 32.2. The van der Waals surface area contributed by atoms with Crippen LogP contribution in [0.2, 0.25) is 0 Å². The lowest BCUT2D eigenvalue weighted by atomic mass is 10.1. The molecule has 1 aliphatic rings. The van der Waals surface area contributed by atoms with Gasteiger partial charge in [-0.25, -0.2) is 0 Å². The third-order valence-electron chi connectivity index (χ3n) is 3.75. The van der Waals surface area contributed by atoms with Crippen LogP contribution in [-0.4, -0.2) is 38.8 Å². The van der Waals surface area contributed by atoms with Crippen molar-refractivity contribution in [3.63, 3.8) is 0 Å². The van der Waals surface area contributed by atoms with Gasteiger partial charge in [-0.05, 0) is 30.3 Å². The third-order valence-corrected chi connectivity index (χ3v) is 4.73. The monoisotopic (exact) mass is 370 g/mol. The normalized spacial score (nSPS) is 13.0. The van der Waals surface area contributed by atoms with Crippen molar-refractivity contribution in [3.8, 4) is 5.75 Å². The maximum atomic E-state index is 12.5. The van der Waals surface area contributed by atoms with Crippen molar-refractivity contribution in [1.29, 1.82) is 0 Å². The first-order valence-corrected chi connectivity index (χ1v) is 8.80. The largest absolute Gasteiger partial charge is 0.482 e. The number of benzene rings is 1. The zero-order valence-corrected chi connectivity index (χ0v) is 14.4. The van der Waals surface area contributed by atoms with E-state index in [0.717, 1.165) is 5.76 Å². The minimum atomic E-state index is -0.234. The second-order valence-electron chi connectivity index (χ2n) is 5.58.